The number of anilines is 1. The number of rotatable bonds is 5. The fourth-order valence-electron chi connectivity index (χ4n) is 2.08. The predicted octanol–water partition coefficient (Wildman–Crippen LogP) is 2.29. The number of benzene rings is 1. The summed E-state index contributed by atoms with van der Waals surface area (Å²) in [5.41, 5.74) is 1.75. The smallest absolute Gasteiger partial charge is 0.269 e. The Balaban J connectivity index is 1.62. The van der Waals surface area contributed by atoms with Gasteiger partial charge < -0.3 is 5.32 Å². The Morgan fingerprint density at radius 2 is 1.95 bits per heavy atom. The molecule has 1 N–H and O–H groups in total. The van der Waals surface area contributed by atoms with Gasteiger partial charge in [0.25, 0.3) is 5.69 Å². The summed E-state index contributed by atoms with van der Waals surface area (Å²) in [6.07, 6.45) is 2.64. The maximum absolute atomic E-state index is 10.6. The second-order valence-electron chi connectivity index (χ2n) is 4.53. The van der Waals surface area contributed by atoms with Gasteiger partial charge in [-0.3, -0.25) is 14.5 Å². The molecule has 21 heavy (non-hydrogen) atoms. The SMILES string of the molecule is O=[N+]([O-])c1ccc(NCCc2nnc3ccccn23)cc1. The van der Waals surface area contributed by atoms with Crippen LogP contribution in [0.5, 0.6) is 0 Å². The van der Waals surface area contributed by atoms with Crippen LogP contribution >= 0.6 is 0 Å². The van der Waals surface area contributed by atoms with Crippen molar-refractivity contribution in [1.29, 1.82) is 0 Å². The van der Waals surface area contributed by atoms with E-state index in [4.69, 9.17) is 0 Å². The third-order valence-corrected chi connectivity index (χ3v) is 3.14. The van der Waals surface area contributed by atoms with E-state index >= 15 is 0 Å². The fraction of sp³-hybridized carbons (Fsp3) is 0.143. The minimum absolute atomic E-state index is 0.0870. The average molecular weight is 283 g/mol. The van der Waals surface area contributed by atoms with Crippen molar-refractivity contribution < 1.29 is 4.92 Å². The molecule has 0 aliphatic rings. The van der Waals surface area contributed by atoms with Gasteiger partial charge in [0.15, 0.2) is 5.65 Å². The summed E-state index contributed by atoms with van der Waals surface area (Å²) in [4.78, 5) is 10.2. The van der Waals surface area contributed by atoms with Crippen LogP contribution in [0.25, 0.3) is 5.65 Å². The molecule has 7 heteroatoms. The lowest BCUT2D eigenvalue weighted by Gasteiger charge is -2.05. The number of nitro benzene ring substituents is 1. The fourth-order valence-corrected chi connectivity index (χ4v) is 2.08. The maximum Gasteiger partial charge on any atom is 0.269 e. The van der Waals surface area contributed by atoms with Crippen LogP contribution in [0.2, 0.25) is 0 Å². The molecular formula is C14H13N5O2. The first-order valence-electron chi connectivity index (χ1n) is 6.51. The lowest BCUT2D eigenvalue weighted by Crippen LogP contribution is -2.07. The molecule has 0 saturated heterocycles. The summed E-state index contributed by atoms with van der Waals surface area (Å²) in [5, 5.41) is 22.0. The predicted molar refractivity (Wildman–Crippen MR) is 78.3 cm³/mol. The Kier molecular flexibility index (Phi) is 3.46. The molecule has 1 aromatic carbocycles. The van der Waals surface area contributed by atoms with E-state index in [1.165, 1.54) is 12.1 Å². The first-order chi connectivity index (χ1) is 10.2. The summed E-state index contributed by atoms with van der Waals surface area (Å²) in [7, 11) is 0. The molecule has 106 valence electrons. The lowest BCUT2D eigenvalue weighted by molar-refractivity contribution is -0.384. The average Bonchev–Trinajstić information content (AvgIpc) is 2.91. The zero-order valence-corrected chi connectivity index (χ0v) is 11.1. The molecule has 0 saturated carbocycles. The standard InChI is InChI=1S/C14H13N5O2/c20-19(21)12-6-4-11(5-7-12)15-9-8-14-17-16-13-3-1-2-10-18(13)14/h1-7,10,15H,8-9H2. The Hall–Kier alpha value is -2.96. The zero-order valence-electron chi connectivity index (χ0n) is 11.1. The molecule has 3 rings (SSSR count). The molecule has 0 unspecified atom stereocenters. The van der Waals surface area contributed by atoms with Crippen LogP contribution in [0, 0.1) is 10.1 Å². The van der Waals surface area contributed by atoms with E-state index in [1.807, 2.05) is 28.8 Å². The number of fused-ring (bicyclic) bond motifs is 1. The molecule has 0 atom stereocenters. The van der Waals surface area contributed by atoms with Gasteiger partial charge in [-0.15, -0.1) is 10.2 Å². The molecule has 2 heterocycles. The van der Waals surface area contributed by atoms with Crippen LogP contribution in [-0.2, 0) is 6.42 Å². The van der Waals surface area contributed by atoms with Crippen molar-refractivity contribution in [3.63, 3.8) is 0 Å². The van der Waals surface area contributed by atoms with Crippen LogP contribution < -0.4 is 5.32 Å². The van der Waals surface area contributed by atoms with Crippen molar-refractivity contribution in [1.82, 2.24) is 14.6 Å². The quantitative estimate of drug-likeness (QED) is 0.573. The van der Waals surface area contributed by atoms with Gasteiger partial charge >= 0.3 is 0 Å². The highest BCUT2D eigenvalue weighted by atomic mass is 16.6. The summed E-state index contributed by atoms with van der Waals surface area (Å²) in [6, 6.07) is 12.1. The molecule has 0 aliphatic heterocycles. The molecule has 7 nitrogen and oxygen atoms in total. The number of hydrogen-bond acceptors (Lipinski definition) is 5. The van der Waals surface area contributed by atoms with Crippen molar-refractivity contribution in [3.05, 3.63) is 64.6 Å². The first kappa shape index (κ1) is 13.0. The molecule has 0 radical (unpaired) electrons. The number of nitro groups is 1. The topological polar surface area (TPSA) is 85.4 Å². The highest BCUT2D eigenvalue weighted by Gasteiger charge is 2.05. The van der Waals surface area contributed by atoms with Gasteiger partial charge in [0, 0.05) is 37.0 Å². The van der Waals surface area contributed by atoms with E-state index < -0.39 is 4.92 Å². The van der Waals surface area contributed by atoms with Gasteiger partial charge in [-0.25, -0.2) is 0 Å². The Morgan fingerprint density at radius 1 is 1.14 bits per heavy atom. The summed E-state index contributed by atoms with van der Waals surface area (Å²) >= 11 is 0. The summed E-state index contributed by atoms with van der Waals surface area (Å²) < 4.78 is 1.94. The molecule has 0 amide bonds. The third-order valence-electron chi connectivity index (χ3n) is 3.14. The molecule has 0 spiro atoms. The largest absolute Gasteiger partial charge is 0.385 e. The number of nitrogens with one attached hydrogen (secondary N) is 1. The zero-order chi connectivity index (χ0) is 14.7. The number of hydrogen-bond donors (Lipinski definition) is 1. The van der Waals surface area contributed by atoms with Gasteiger partial charge in [-0.2, -0.15) is 0 Å². The minimum Gasteiger partial charge on any atom is -0.385 e. The second-order valence-corrected chi connectivity index (χ2v) is 4.53. The van der Waals surface area contributed by atoms with E-state index in [-0.39, 0.29) is 5.69 Å². The van der Waals surface area contributed by atoms with E-state index in [0.29, 0.717) is 13.0 Å². The van der Waals surface area contributed by atoms with Crippen LogP contribution in [0.1, 0.15) is 5.82 Å². The van der Waals surface area contributed by atoms with Crippen molar-refractivity contribution >= 4 is 17.0 Å². The van der Waals surface area contributed by atoms with Gasteiger partial charge in [0.05, 0.1) is 4.92 Å². The molecule has 3 aromatic rings. The van der Waals surface area contributed by atoms with E-state index in [9.17, 15) is 10.1 Å². The third kappa shape index (κ3) is 2.81. The van der Waals surface area contributed by atoms with Crippen molar-refractivity contribution in [3.8, 4) is 0 Å². The van der Waals surface area contributed by atoms with E-state index in [0.717, 1.165) is 17.2 Å². The highest BCUT2D eigenvalue weighted by molar-refractivity contribution is 5.48. The monoisotopic (exact) mass is 283 g/mol. The van der Waals surface area contributed by atoms with E-state index in [1.54, 1.807) is 12.1 Å². The number of nitrogens with zero attached hydrogens (tertiary/aromatic N) is 4. The van der Waals surface area contributed by atoms with Crippen LogP contribution in [0.4, 0.5) is 11.4 Å². The number of aromatic nitrogens is 3. The Morgan fingerprint density at radius 3 is 2.71 bits per heavy atom. The van der Waals surface area contributed by atoms with Crippen LogP contribution in [0.15, 0.2) is 48.7 Å². The summed E-state index contributed by atoms with van der Waals surface area (Å²) in [6.45, 7) is 0.674. The van der Waals surface area contributed by atoms with E-state index in [2.05, 4.69) is 15.5 Å². The van der Waals surface area contributed by atoms with Gasteiger partial charge in [0.2, 0.25) is 0 Å². The number of non-ortho nitro benzene ring substituents is 1. The lowest BCUT2D eigenvalue weighted by atomic mass is 10.3. The molecular weight excluding hydrogens is 270 g/mol. The van der Waals surface area contributed by atoms with Crippen molar-refractivity contribution in [2.45, 2.75) is 6.42 Å². The Bertz CT molecular complexity index is 766. The molecule has 2 aromatic heterocycles. The van der Waals surface area contributed by atoms with Crippen molar-refractivity contribution in [2.24, 2.45) is 0 Å². The molecule has 0 fully saturated rings. The summed E-state index contributed by atoms with van der Waals surface area (Å²) in [5.74, 6) is 0.875. The maximum atomic E-state index is 10.6. The first-order valence-corrected chi connectivity index (χ1v) is 6.51. The highest BCUT2D eigenvalue weighted by Crippen LogP contribution is 2.15. The van der Waals surface area contributed by atoms with Crippen LogP contribution in [-0.4, -0.2) is 26.1 Å². The minimum atomic E-state index is -0.411. The van der Waals surface area contributed by atoms with Gasteiger partial charge in [0.1, 0.15) is 5.82 Å². The van der Waals surface area contributed by atoms with Crippen LogP contribution in [0.3, 0.4) is 0 Å². The second kappa shape index (κ2) is 5.58. The molecule has 0 aliphatic carbocycles. The Labute approximate surface area is 120 Å². The van der Waals surface area contributed by atoms with Gasteiger partial charge in [-0.1, -0.05) is 6.07 Å². The van der Waals surface area contributed by atoms with Crippen molar-refractivity contribution in [2.75, 3.05) is 11.9 Å². The molecule has 0 bridgehead atoms. The van der Waals surface area contributed by atoms with Gasteiger partial charge in [-0.05, 0) is 24.3 Å². The number of pyridine rings is 1. The normalized spacial score (nSPS) is 10.7.